The van der Waals surface area contributed by atoms with Crippen molar-refractivity contribution in [3.05, 3.63) is 47.5 Å². The molecule has 174 valence electrons. The van der Waals surface area contributed by atoms with Crippen molar-refractivity contribution in [1.82, 2.24) is 20.2 Å². The number of nitrogens with one attached hydrogen (secondary N) is 2. The number of phenols is 1. The number of benzene rings is 2. The van der Waals surface area contributed by atoms with Crippen molar-refractivity contribution in [3.63, 3.8) is 0 Å². The van der Waals surface area contributed by atoms with Crippen molar-refractivity contribution in [1.29, 1.82) is 0 Å². The highest BCUT2D eigenvalue weighted by atomic mass is 16.3. The van der Waals surface area contributed by atoms with Gasteiger partial charge in [-0.2, -0.15) is 0 Å². The smallest absolute Gasteiger partial charge is 0.239 e. The Labute approximate surface area is 193 Å². The molecule has 0 spiro atoms. The standard InChI is InChI=1S/C25H31N5O3/c1-15-6-9-22(32)19(11-15)24-28-20-12-16(5-4-10-31)7-8-18(20)23(29-24)27-17-13-21(26-14-17)25(33)30(2)3/h6-9,11-12,17,21,26,31-32H,4-5,10,13-14H2,1-3H3,(H,27,28,29)/t17-,21+/m0/s1. The Morgan fingerprint density at radius 3 is 2.79 bits per heavy atom. The molecule has 3 aromatic rings. The van der Waals surface area contributed by atoms with Crippen LogP contribution in [-0.2, 0) is 11.2 Å². The number of carbonyl (C=O) groups excluding carboxylic acids is 1. The molecule has 1 aliphatic rings. The number of phenolic OH excluding ortho intramolecular Hbond substituents is 1. The summed E-state index contributed by atoms with van der Waals surface area (Å²) in [5, 5.41) is 27.3. The number of likely N-dealkylation sites (N-methyl/N-ethyl adjacent to an activating group) is 1. The van der Waals surface area contributed by atoms with E-state index in [1.54, 1.807) is 25.1 Å². The lowest BCUT2D eigenvalue weighted by Crippen LogP contribution is -2.39. The van der Waals surface area contributed by atoms with E-state index >= 15 is 0 Å². The van der Waals surface area contributed by atoms with Gasteiger partial charge in [-0.1, -0.05) is 17.7 Å². The molecule has 0 unspecified atom stereocenters. The normalized spacial score (nSPS) is 17.9. The molecule has 0 bridgehead atoms. The summed E-state index contributed by atoms with van der Waals surface area (Å²) in [5.41, 5.74) is 3.43. The molecule has 2 aromatic carbocycles. The minimum Gasteiger partial charge on any atom is -0.507 e. The summed E-state index contributed by atoms with van der Waals surface area (Å²) in [5.74, 6) is 1.30. The maximum atomic E-state index is 12.4. The van der Waals surface area contributed by atoms with Crippen molar-refractivity contribution in [2.24, 2.45) is 0 Å². The molecule has 4 N–H and O–H groups in total. The molecule has 0 radical (unpaired) electrons. The number of amides is 1. The summed E-state index contributed by atoms with van der Waals surface area (Å²) in [7, 11) is 3.52. The minimum atomic E-state index is -0.226. The monoisotopic (exact) mass is 449 g/mol. The van der Waals surface area contributed by atoms with E-state index in [0.717, 1.165) is 28.5 Å². The second kappa shape index (κ2) is 9.72. The Kier molecular flexibility index (Phi) is 6.76. The first-order valence-electron chi connectivity index (χ1n) is 11.3. The fourth-order valence-electron chi connectivity index (χ4n) is 4.21. The SMILES string of the molecule is Cc1ccc(O)c(-c2nc(N[C@@H]3CN[C@@H](C(=O)N(C)C)C3)c3ccc(CCCO)cc3n2)c1. The maximum Gasteiger partial charge on any atom is 0.239 e. The lowest BCUT2D eigenvalue weighted by Gasteiger charge is -2.18. The van der Waals surface area contributed by atoms with Gasteiger partial charge in [0.15, 0.2) is 5.82 Å². The van der Waals surface area contributed by atoms with Crippen LogP contribution in [0.25, 0.3) is 22.3 Å². The summed E-state index contributed by atoms with van der Waals surface area (Å²) in [4.78, 5) is 23.5. The number of carbonyl (C=O) groups is 1. The van der Waals surface area contributed by atoms with Gasteiger partial charge in [-0.25, -0.2) is 9.97 Å². The third kappa shape index (κ3) is 5.07. The number of aromatic hydroxyl groups is 1. The van der Waals surface area contributed by atoms with Crippen LogP contribution in [0.3, 0.4) is 0 Å². The topological polar surface area (TPSA) is 111 Å². The zero-order chi connectivity index (χ0) is 23.5. The Bertz CT molecular complexity index is 1160. The first-order chi connectivity index (χ1) is 15.9. The van der Waals surface area contributed by atoms with Crippen LogP contribution in [0.2, 0.25) is 0 Å². The predicted molar refractivity (Wildman–Crippen MR) is 129 cm³/mol. The lowest BCUT2D eigenvalue weighted by molar-refractivity contribution is -0.130. The van der Waals surface area contributed by atoms with Gasteiger partial charge >= 0.3 is 0 Å². The molecular formula is C25H31N5O3. The number of hydrogen-bond donors (Lipinski definition) is 4. The number of aryl methyl sites for hydroxylation is 2. The van der Waals surface area contributed by atoms with E-state index in [9.17, 15) is 15.0 Å². The van der Waals surface area contributed by atoms with Gasteiger partial charge in [0, 0.05) is 38.7 Å². The van der Waals surface area contributed by atoms with Gasteiger partial charge in [-0.05, 0) is 56.0 Å². The van der Waals surface area contributed by atoms with Crippen LogP contribution in [0.4, 0.5) is 5.82 Å². The molecule has 1 amide bonds. The first-order valence-corrected chi connectivity index (χ1v) is 11.3. The Morgan fingerprint density at radius 2 is 2.03 bits per heavy atom. The quantitative estimate of drug-likeness (QED) is 0.439. The fraction of sp³-hybridized carbons (Fsp3) is 0.400. The Hall–Kier alpha value is -3.23. The highest BCUT2D eigenvalue weighted by Gasteiger charge is 2.31. The second-order valence-corrected chi connectivity index (χ2v) is 8.87. The van der Waals surface area contributed by atoms with Gasteiger partial charge in [0.2, 0.25) is 5.91 Å². The molecule has 0 saturated carbocycles. The van der Waals surface area contributed by atoms with Crippen LogP contribution in [0, 0.1) is 6.92 Å². The molecule has 0 aliphatic carbocycles. The molecule has 8 nitrogen and oxygen atoms in total. The number of fused-ring (bicyclic) bond motifs is 1. The van der Waals surface area contributed by atoms with Crippen LogP contribution in [0.1, 0.15) is 24.0 Å². The number of aromatic nitrogens is 2. The van der Waals surface area contributed by atoms with Gasteiger partial charge in [-0.15, -0.1) is 0 Å². The molecular weight excluding hydrogens is 418 g/mol. The summed E-state index contributed by atoms with van der Waals surface area (Å²) in [6.07, 6.45) is 2.09. The van der Waals surface area contributed by atoms with Crippen molar-refractivity contribution in [2.75, 3.05) is 32.6 Å². The summed E-state index contributed by atoms with van der Waals surface area (Å²) in [6, 6.07) is 11.2. The van der Waals surface area contributed by atoms with Crippen LogP contribution in [0.5, 0.6) is 5.75 Å². The molecule has 2 heterocycles. The fourth-order valence-corrected chi connectivity index (χ4v) is 4.21. The van der Waals surface area contributed by atoms with E-state index in [1.165, 1.54) is 0 Å². The summed E-state index contributed by atoms with van der Waals surface area (Å²) < 4.78 is 0. The Morgan fingerprint density at radius 1 is 1.21 bits per heavy atom. The summed E-state index contributed by atoms with van der Waals surface area (Å²) >= 11 is 0. The second-order valence-electron chi connectivity index (χ2n) is 8.87. The van der Waals surface area contributed by atoms with Gasteiger partial charge < -0.3 is 25.7 Å². The average molecular weight is 450 g/mol. The van der Waals surface area contributed by atoms with Crippen LogP contribution in [0.15, 0.2) is 36.4 Å². The van der Waals surface area contributed by atoms with E-state index in [0.29, 0.717) is 36.6 Å². The van der Waals surface area contributed by atoms with Gasteiger partial charge in [0.25, 0.3) is 0 Å². The number of hydrogen-bond acceptors (Lipinski definition) is 7. The van der Waals surface area contributed by atoms with Crippen LogP contribution in [-0.4, -0.2) is 70.3 Å². The maximum absolute atomic E-state index is 12.4. The molecule has 4 rings (SSSR count). The van der Waals surface area contributed by atoms with Gasteiger partial charge in [0.05, 0.1) is 17.1 Å². The lowest BCUT2D eigenvalue weighted by atomic mass is 10.1. The van der Waals surface area contributed by atoms with Crippen molar-refractivity contribution >= 4 is 22.6 Å². The molecule has 2 atom stereocenters. The zero-order valence-corrected chi connectivity index (χ0v) is 19.3. The third-order valence-electron chi connectivity index (χ3n) is 5.99. The van der Waals surface area contributed by atoms with E-state index in [2.05, 4.69) is 10.6 Å². The Balaban J connectivity index is 1.72. The molecule has 1 saturated heterocycles. The zero-order valence-electron chi connectivity index (χ0n) is 19.3. The average Bonchev–Trinajstić information content (AvgIpc) is 3.26. The highest BCUT2D eigenvalue weighted by molar-refractivity contribution is 5.91. The number of anilines is 1. The molecule has 1 aromatic heterocycles. The first kappa shape index (κ1) is 22.9. The number of aliphatic hydroxyl groups excluding tert-OH is 1. The van der Waals surface area contributed by atoms with E-state index < -0.39 is 0 Å². The molecule has 1 aliphatic heterocycles. The molecule has 33 heavy (non-hydrogen) atoms. The summed E-state index contributed by atoms with van der Waals surface area (Å²) in [6.45, 7) is 2.75. The number of aliphatic hydroxyl groups is 1. The molecule has 1 fully saturated rings. The predicted octanol–water partition coefficient (Wildman–Crippen LogP) is 2.47. The molecule has 8 heteroatoms. The third-order valence-corrected chi connectivity index (χ3v) is 5.99. The largest absolute Gasteiger partial charge is 0.507 e. The number of rotatable bonds is 7. The van der Waals surface area contributed by atoms with Crippen molar-refractivity contribution < 1.29 is 15.0 Å². The van der Waals surface area contributed by atoms with E-state index in [-0.39, 0.29) is 30.3 Å². The van der Waals surface area contributed by atoms with Crippen molar-refractivity contribution in [2.45, 2.75) is 38.3 Å². The van der Waals surface area contributed by atoms with Gasteiger partial charge in [-0.3, -0.25) is 4.79 Å². The minimum absolute atomic E-state index is 0.0324. The van der Waals surface area contributed by atoms with E-state index in [4.69, 9.17) is 9.97 Å². The van der Waals surface area contributed by atoms with Crippen LogP contribution >= 0.6 is 0 Å². The van der Waals surface area contributed by atoms with E-state index in [1.807, 2.05) is 37.3 Å². The number of nitrogens with zero attached hydrogens (tertiary/aromatic N) is 3. The van der Waals surface area contributed by atoms with Crippen LogP contribution < -0.4 is 10.6 Å². The highest BCUT2D eigenvalue weighted by Crippen LogP contribution is 2.32. The van der Waals surface area contributed by atoms with Gasteiger partial charge in [0.1, 0.15) is 11.6 Å². The van der Waals surface area contributed by atoms with Crippen molar-refractivity contribution in [3.8, 4) is 17.1 Å².